The number of nitrogens with two attached hydrogens (primary N) is 1. The molecular formula is C13H20N4O4. The van der Waals surface area contributed by atoms with Crippen molar-refractivity contribution < 1.29 is 19.1 Å². The lowest BCUT2D eigenvalue weighted by molar-refractivity contribution is -0.138. The molecule has 0 radical (unpaired) electrons. The number of rotatable bonds is 3. The zero-order valence-corrected chi connectivity index (χ0v) is 12.5. The fourth-order valence-electron chi connectivity index (χ4n) is 2.46. The highest BCUT2D eigenvalue weighted by Crippen LogP contribution is 2.22. The molecule has 0 aliphatic carbocycles. The quantitative estimate of drug-likeness (QED) is 0.787. The van der Waals surface area contributed by atoms with Gasteiger partial charge in [0.1, 0.15) is 17.7 Å². The summed E-state index contributed by atoms with van der Waals surface area (Å²) in [5, 5.41) is 0. The van der Waals surface area contributed by atoms with Crippen molar-refractivity contribution in [3.8, 4) is 0 Å². The molecule has 0 spiro atoms. The van der Waals surface area contributed by atoms with Crippen molar-refractivity contribution in [1.82, 2.24) is 14.5 Å². The number of aromatic nitrogens is 2. The maximum atomic E-state index is 12.5. The average Bonchev–Trinajstić information content (AvgIpc) is 2.80. The molecule has 1 fully saturated rings. The highest BCUT2D eigenvalue weighted by Gasteiger charge is 2.28. The Bertz CT molecular complexity index is 549. The first-order chi connectivity index (χ1) is 9.97. The summed E-state index contributed by atoms with van der Waals surface area (Å²) in [4.78, 5) is 29.9. The van der Waals surface area contributed by atoms with Gasteiger partial charge in [0.2, 0.25) is 5.91 Å². The van der Waals surface area contributed by atoms with Gasteiger partial charge in [-0.05, 0) is 13.8 Å². The van der Waals surface area contributed by atoms with E-state index >= 15 is 0 Å². The van der Waals surface area contributed by atoms with Gasteiger partial charge in [0, 0.05) is 13.1 Å². The standard InChI is InChI=1S/C13H20N4O4/c1-8(12(18)16-4-6-21-7-5-16)17-9(2)15-10(11(17)14)13(19)20-3/h8H,4-7,14H2,1-3H3. The summed E-state index contributed by atoms with van der Waals surface area (Å²) in [6.07, 6.45) is 0. The van der Waals surface area contributed by atoms with E-state index in [1.807, 2.05) is 0 Å². The van der Waals surface area contributed by atoms with Gasteiger partial charge in [-0.25, -0.2) is 9.78 Å². The Labute approximate surface area is 122 Å². The van der Waals surface area contributed by atoms with Gasteiger partial charge in [0.15, 0.2) is 5.69 Å². The number of ether oxygens (including phenoxy) is 2. The minimum Gasteiger partial charge on any atom is -0.464 e. The van der Waals surface area contributed by atoms with E-state index in [-0.39, 0.29) is 17.4 Å². The Kier molecular flexibility index (Phi) is 4.46. The fourth-order valence-corrected chi connectivity index (χ4v) is 2.46. The minimum absolute atomic E-state index is 0.0385. The molecule has 1 amide bonds. The van der Waals surface area contributed by atoms with Crippen LogP contribution in [-0.2, 0) is 14.3 Å². The molecule has 1 aliphatic heterocycles. The van der Waals surface area contributed by atoms with Crippen LogP contribution in [0.4, 0.5) is 5.82 Å². The van der Waals surface area contributed by atoms with E-state index in [0.29, 0.717) is 32.1 Å². The van der Waals surface area contributed by atoms with Crippen molar-refractivity contribution in [3.05, 3.63) is 11.5 Å². The lowest BCUT2D eigenvalue weighted by Crippen LogP contribution is -2.44. The Morgan fingerprint density at radius 3 is 2.57 bits per heavy atom. The predicted octanol–water partition coefficient (Wildman–Crippen LogP) is -0.0199. The smallest absolute Gasteiger partial charge is 0.360 e. The number of carbonyl (C=O) groups excluding carboxylic acids is 2. The number of hydrogen-bond acceptors (Lipinski definition) is 6. The van der Waals surface area contributed by atoms with Crippen molar-refractivity contribution in [1.29, 1.82) is 0 Å². The molecule has 1 saturated heterocycles. The van der Waals surface area contributed by atoms with E-state index in [9.17, 15) is 9.59 Å². The van der Waals surface area contributed by atoms with Gasteiger partial charge >= 0.3 is 5.97 Å². The summed E-state index contributed by atoms with van der Waals surface area (Å²) in [6, 6.07) is -0.533. The molecule has 1 aromatic rings. The van der Waals surface area contributed by atoms with Gasteiger partial charge in [-0.3, -0.25) is 4.79 Å². The largest absolute Gasteiger partial charge is 0.464 e. The molecule has 2 rings (SSSR count). The molecule has 0 aromatic carbocycles. The normalized spacial score (nSPS) is 16.6. The Hall–Kier alpha value is -2.09. The molecule has 0 saturated carbocycles. The second-order valence-electron chi connectivity index (χ2n) is 4.87. The highest BCUT2D eigenvalue weighted by molar-refractivity contribution is 5.93. The molecule has 21 heavy (non-hydrogen) atoms. The van der Waals surface area contributed by atoms with E-state index in [1.54, 1.807) is 23.3 Å². The topological polar surface area (TPSA) is 99.7 Å². The molecule has 1 aliphatic rings. The van der Waals surface area contributed by atoms with Gasteiger partial charge < -0.3 is 24.7 Å². The van der Waals surface area contributed by atoms with Crippen LogP contribution in [0.3, 0.4) is 0 Å². The van der Waals surface area contributed by atoms with Gasteiger partial charge in [-0.15, -0.1) is 0 Å². The molecule has 2 heterocycles. The Morgan fingerprint density at radius 1 is 1.38 bits per heavy atom. The molecule has 116 valence electrons. The van der Waals surface area contributed by atoms with E-state index in [2.05, 4.69) is 9.72 Å². The average molecular weight is 296 g/mol. The van der Waals surface area contributed by atoms with Crippen LogP contribution in [0, 0.1) is 6.92 Å². The lowest BCUT2D eigenvalue weighted by Gasteiger charge is -2.30. The molecule has 1 aromatic heterocycles. The van der Waals surface area contributed by atoms with Crippen molar-refractivity contribution in [3.63, 3.8) is 0 Å². The minimum atomic E-state index is -0.611. The molecular weight excluding hydrogens is 276 g/mol. The fraction of sp³-hybridized carbons (Fsp3) is 0.615. The van der Waals surface area contributed by atoms with Crippen molar-refractivity contribution in [2.24, 2.45) is 0 Å². The summed E-state index contributed by atoms with van der Waals surface area (Å²) < 4.78 is 11.4. The number of methoxy groups -OCH3 is 1. The second-order valence-corrected chi connectivity index (χ2v) is 4.87. The first-order valence-electron chi connectivity index (χ1n) is 6.76. The van der Waals surface area contributed by atoms with Crippen LogP contribution in [-0.4, -0.2) is 59.7 Å². The number of anilines is 1. The third-order valence-corrected chi connectivity index (χ3v) is 3.57. The predicted molar refractivity (Wildman–Crippen MR) is 74.8 cm³/mol. The Balaban J connectivity index is 2.26. The number of morpholine rings is 1. The van der Waals surface area contributed by atoms with Crippen molar-refractivity contribution in [2.45, 2.75) is 19.9 Å². The van der Waals surface area contributed by atoms with Gasteiger partial charge in [-0.1, -0.05) is 0 Å². The molecule has 8 nitrogen and oxygen atoms in total. The van der Waals surface area contributed by atoms with Crippen LogP contribution in [0.15, 0.2) is 0 Å². The lowest BCUT2D eigenvalue weighted by atomic mass is 10.2. The third kappa shape index (κ3) is 2.85. The summed E-state index contributed by atoms with van der Waals surface area (Å²) in [7, 11) is 1.26. The number of amides is 1. The monoisotopic (exact) mass is 296 g/mol. The number of nitrogens with zero attached hydrogens (tertiary/aromatic N) is 3. The van der Waals surface area contributed by atoms with Crippen LogP contribution >= 0.6 is 0 Å². The molecule has 0 bridgehead atoms. The van der Waals surface area contributed by atoms with E-state index < -0.39 is 12.0 Å². The third-order valence-electron chi connectivity index (χ3n) is 3.57. The first-order valence-corrected chi connectivity index (χ1v) is 6.76. The van der Waals surface area contributed by atoms with E-state index in [1.165, 1.54) is 7.11 Å². The summed E-state index contributed by atoms with van der Waals surface area (Å²) in [5.74, 6) is -0.0299. The van der Waals surface area contributed by atoms with E-state index in [0.717, 1.165) is 0 Å². The zero-order chi connectivity index (χ0) is 15.6. The maximum absolute atomic E-state index is 12.5. The molecule has 2 N–H and O–H groups in total. The summed E-state index contributed by atoms with van der Waals surface area (Å²) in [6.45, 7) is 5.62. The van der Waals surface area contributed by atoms with Crippen molar-refractivity contribution in [2.75, 3.05) is 39.1 Å². The zero-order valence-electron chi connectivity index (χ0n) is 12.5. The highest BCUT2D eigenvalue weighted by atomic mass is 16.5. The second kappa shape index (κ2) is 6.13. The SMILES string of the molecule is COC(=O)c1nc(C)n(C(C)C(=O)N2CCOCC2)c1N. The van der Waals surface area contributed by atoms with Crippen LogP contribution in [0.1, 0.15) is 29.3 Å². The van der Waals surface area contributed by atoms with Crippen LogP contribution < -0.4 is 5.73 Å². The Morgan fingerprint density at radius 2 is 2.00 bits per heavy atom. The van der Waals surface area contributed by atoms with Crippen LogP contribution in [0.2, 0.25) is 0 Å². The number of aryl methyl sites for hydroxylation is 1. The van der Waals surface area contributed by atoms with Gasteiger partial charge in [-0.2, -0.15) is 0 Å². The van der Waals surface area contributed by atoms with Gasteiger partial charge in [0.05, 0.1) is 20.3 Å². The first kappa shape index (κ1) is 15.3. The number of nitrogen functional groups attached to an aromatic ring is 1. The molecule has 8 heteroatoms. The van der Waals surface area contributed by atoms with Crippen LogP contribution in [0.5, 0.6) is 0 Å². The summed E-state index contributed by atoms with van der Waals surface area (Å²) >= 11 is 0. The van der Waals surface area contributed by atoms with E-state index in [4.69, 9.17) is 10.5 Å². The molecule has 1 unspecified atom stereocenters. The number of esters is 1. The van der Waals surface area contributed by atoms with Crippen molar-refractivity contribution >= 4 is 17.7 Å². The number of carbonyl (C=O) groups is 2. The number of imidazole rings is 1. The maximum Gasteiger partial charge on any atom is 0.360 e. The summed E-state index contributed by atoms with van der Waals surface area (Å²) in [5.41, 5.74) is 5.99. The van der Waals surface area contributed by atoms with Gasteiger partial charge in [0.25, 0.3) is 0 Å². The molecule has 1 atom stereocenters. The van der Waals surface area contributed by atoms with Crippen LogP contribution in [0.25, 0.3) is 0 Å². The number of hydrogen-bond donors (Lipinski definition) is 1.